The number of hydrogen-bond donors (Lipinski definition) is 1. The Labute approximate surface area is 118 Å². The van der Waals surface area contributed by atoms with Gasteiger partial charge in [0.2, 0.25) is 0 Å². The van der Waals surface area contributed by atoms with Gasteiger partial charge in [-0.15, -0.1) is 0 Å². The fraction of sp³-hybridized carbons (Fsp3) is 0.176. The molecule has 0 aliphatic heterocycles. The molecular weight excluding hydrogens is 250 g/mol. The van der Waals surface area contributed by atoms with E-state index in [-0.39, 0.29) is 0 Å². The Morgan fingerprint density at radius 1 is 1.10 bits per heavy atom. The van der Waals surface area contributed by atoms with Gasteiger partial charge in [-0.1, -0.05) is 18.2 Å². The first-order chi connectivity index (χ1) is 9.78. The van der Waals surface area contributed by atoms with Crippen LogP contribution in [-0.2, 0) is 13.2 Å². The van der Waals surface area contributed by atoms with Gasteiger partial charge in [-0.2, -0.15) is 0 Å². The molecule has 1 N–H and O–H groups in total. The van der Waals surface area contributed by atoms with E-state index in [9.17, 15) is 5.11 Å². The van der Waals surface area contributed by atoms with E-state index >= 15 is 0 Å². The van der Waals surface area contributed by atoms with Crippen molar-refractivity contribution >= 4 is 10.9 Å². The zero-order valence-electron chi connectivity index (χ0n) is 11.4. The second-order valence-electron chi connectivity index (χ2n) is 4.74. The lowest BCUT2D eigenvalue weighted by atomic mass is 10.2. The maximum absolute atomic E-state index is 9.62. The second-order valence-corrected chi connectivity index (χ2v) is 4.74. The Hall–Kier alpha value is -2.42. The number of ether oxygens (including phenoxy) is 1. The van der Waals surface area contributed by atoms with Gasteiger partial charge in [0.05, 0.1) is 5.52 Å². The molecule has 3 aromatic rings. The molecule has 0 amide bonds. The Morgan fingerprint density at radius 2 is 1.90 bits per heavy atom. The number of hydrogen-bond acceptors (Lipinski definition) is 2. The van der Waals surface area contributed by atoms with Gasteiger partial charge < -0.3 is 14.4 Å². The zero-order chi connectivity index (χ0) is 13.9. The minimum Gasteiger partial charge on any atom is -0.508 e. The number of aromatic nitrogens is 1. The lowest BCUT2D eigenvalue weighted by Gasteiger charge is -2.04. The summed E-state index contributed by atoms with van der Waals surface area (Å²) in [5.74, 6) is 1.16. The van der Waals surface area contributed by atoms with Crippen molar-refractivity contribution in [2.75, 3.05) is 0 Å². The summed E-state index contributed by atoms with van der Waals surface area (Å²) in [5.41, 5.74) is 2.17. The standard InChI is InChI=1S/C17H17NO2/c1-2-18-11-13(12-20-15-6-4-3-5-7-15)16-9-8-14(19)10-17(16)18/h3-11,19H,2,12H2,1H3. The molecule has 0 unspecified atom stereocenters. The maximum Gasteiger partial charge on any atom is 0.119 e. The Morgan fingerprint density at radius 3 is 2.65 bits per heavy atom. The topological polar surface area (TPSA) is 34.4 Å². The van der Waals surface area contributed by atoms with Crippen LogP contribution in [-0.4, -0.2) is 9.67 Å². The number of nitrogens with zero attached hydrogens (tertiary/aromatic N) is 1. The van der Waals surface area contributed by atoms with Crippen LogP contribution >= 0.6 is 0 Å². The number of aryl methyl sites for hydroxylation is 1. The summed E-state index contributed by atoms with van der Waals surface area (Å²) >= 11 is 0. The van der Waals surface area contributed by atoms with Crippen LogP contribution in [0.3, 0.4) is 0 Å². The smallest absolute Gasteiger partial charge is 0.119 e. The molecule has 0 aliphatic carbocycles. The number of para-hydroxylation sites is 1. The molecule has 3 rings (SSSR count). The molecule has 20 heavy (non-hydrogen) atoms. The third-order valence-corrected chi connectivity index (χ3v) is 3.43. The molecule has 3 heteroatoms. The van der Waals surface area contributed by atoms with E-state index < -0.39 is 0 Å². The van der Waals surface area contributed by atoms with Crippen LogP contribution in [0.4, 0.5) is 0 Å². The Balaban J connectivity index is 1.92. The first-order valence-electron chi connectivity index (χ1n) is 6.76. The summed E-state index contributed by atoms with van der Waals surface area (Å²) in [6, 6.07) is 15.2. The Bertz CT molecular complexity index is 716. The molecule has 1 heterocycles. The van der Waals surface area contributed by atoms with Gasteiger partial charge in [0.25, 0.3) is 0 Å². The highest BCUT2D eigenvalue weighted by atomic mass is 16.5. The number of benzene rings is 2. The molecule has 102 valence electrons. The zero-order valence-corrected chi connectivity index (χ0v) is 11.4. The third kappa shape index (κ3) is 2.35. The molecule has 0 atom stereocenters. The minimum atomic E-state index is 0.292. The number of phenolic OH excluding ortho intramolecular Hbond substituents is 1. The van der Waals surface area contributed by atoms with Crippen molar-refractivity contribution in [3.63, 3.8) is 0 Å². The molecule has 3 nitrogen and oxygen atoms in total. The quantitative estimate of drug-likeness (QED) is 0.776. The van der Waals surface area contributed by atoms with E-state index in [1.807, 2.05) is 36.4 Å². The summed E-state index contributed by atoms with van der Waals surface area (Å²) in [4.78, 5) is 0. The molecule has 0 saturated carbocycles. The summed E-state index contributed by atoms with van der Waals surface area (Å²) in [7, 11) is 0. The summed E-state index contributed by atoms with van der Waals surface area (Å²) in [6.45, 7) is 3.48. The molecule has 0 saturated heterocycles. The van der Waals surface area contributed by atoms with E-state index in [2.05, 4.69) is 17.7 Å². The average Bonchev–Trinajstić information content (AvgIpc) is 2.83. The van der Waals surface area contributed by atoms with Crippen LogP contribution in [0.1, 0.15) is 12.5 Å². The summed E-state index contributed by atoms with van der Waals surface area (Å²) < 4.78 is 7.94. The normalized spacial score (nSPS) is 10.8. The van der Waals surface area contributed by atoms with Crippen molar-refractivity contribution in [3.8, 4) is 11.5 Å². The average molecular weight is 267 g/mol. The predicted molar refractivity (Wildman–Crippen MR) is 80.1 cm³/mol. The van der Waals surface area contributed by atoms with Gasteiger partial charge in [0.15, 0.2) is 0 Å². The van der Waals surface area contributed by atoms with E-state index in [1.165, 1.54) is 0 Å². The van der Waals surface area contributed by atoms with Crippen molar-refractivity contribution in [1.29, 1.82) is 0 Å². The van der Waals surface area contributed by atoms with Crippen molar-refractivity contribution in [2.24, 2.45) is 0 Å². The minimum absolute atomic E-state index is 0.292. The number of phenols is 1. The van der Waals surface area contributed by atoms with E-state index in [0.717, 1.165) is 28.8 Å². The molecule has 0 radical (unpaired) electrons. The van der Waals surface area contributed by atoms with Gasteiger partial charge >= 0.3 is 0 Å². The van der Waals surface area contributed by atoms with Gasteiger partial charge in [0, 0.05) is 29.8 Å². The van der Waals surface area contributed by atoms with Crippen molar-refractivity contribution < 1.29 is 9.84 Å². The largest absolute Gasteiger partial charge is 0.508 e. The lowest BCUT2D eigenvalue weighted by Crippen LogP contribution is -1.94. The molecular formula is C17H17NO2. The molecule has 1 aromatic heterocycles. The molecule has 0 fully saturated rings. The van der Waals surface area contributed by atoms with Crippen molar-refractivity contribution in [1.82, 2.24) is 4.57 Å². The van der Waals surface area contributed by atoms with Gasteiger partial charge in [-0.3, -0.25) is 0 Å². The third-order valence-electron chi connectivity index (χ3n) is 3.43. The SMILES string of the molecule is CCn1cc(COc2ccccc2)c2ccc(O)cc21. The summed E-state index contributed by atoms with van der Waals surface area (Å²) in [6.07, 6.45) is 2.09. The molecule has 2 aromatic carbocycles. The number of fused-ring (bicyclic) bond motifs is 1. The molecule has 0 bridgehead atoms. The van der Waals surface area contributed by atoms with Crippen LogP contribution in [0, 0.1) is 0 Å². The molecule has 0 aliphatic rings. The van der Waals surface area contributed by atoms with Crippen LogP contribution in [0.5, 0.6) is 11.5 Å². The van der Waals surface area contributed by atoms with Crippen LogP contribution in [0.25, 0.3) is 10.9 Å². The highest BCUT2D eigenvalue weighted by Gasteiger charge is 2.09. The first-order valence-corrected chi connectivity index (χ1v) is 6.76. The van der Waals surface area contributed by atoms with Crippen LogP contribution in [0.15, 0.2) is 54.7 Å². The van der Waals surface area contributed by atoms with Crippen molar-refractivity contribution in [3.05, 3.63) is 60.3 Å². The van der Waals surface area contributed by atoms with Crippen molar-refractivity contribution in [2.45, 2.75) is 20.1 Å². The molecule has 0 spiro atoms. The van der Waals surface area contributed by atoms with E-state index in [4.69, 9.17) is 4.74 Å². The Kier molecular flexibility index (Phi) is 3.33. The monoisotopic (exact) mass is 267 g/mol. The van der Waals surface area contributed by atoms with Gasteiger partial charge in [-0.05, 0) is 31.2 Å². The first kappa shape index (κ1) is 12.6. The summed E-state index contributed by atoms with van der Waals surface area (Å²) in [5, 5.41) is 10.7. The fourth-order valence-electron chi connectivity index (χ4n) is 2.41. The van der Waals surface area contributed by atoms with Crippen LogP contribution < -0.4 is 4.74 Å². The lowest BCUT2D eigenvalue weighted by molar-refractivity contribution is 0.307. The van der Waals surface area contributed by atoms with Crippen LogP contribution in [0.2, 0.25) is 0 Å². The number of rotatable bonds is 4. The highest BCUT2D eigenvalue weighted by Crippen LogP contribution is 2.26. The fourth-order valence-corrected chi connectivity index (χ4v) is 2.41. The van der Waals surface area contributed by atoms with Gasteiger partial charge in [0.1, 0.15) is 18.1 Å². The maximum atomic E-state index is 9.62. The highest BCUT2D eigenvalue weighted by molar-refractivity contribution is 5.85. The number of aromatic hydroxyl groups is 1. The van der Waals surface area contributed by atoms with E-state index in [1.54, 1.807) is 12.1 Å². The van der Waals surface area contributed by atoms with Gasteiger partial charge in [-0.25, -0.2) is 0 Å². The van der Waals surface area contributed by atoms with E-state index in [0.29, 0.717) is 12.4 Å². The predicted octanol–water partition coefficient (Wildman–Crippen LogP) is 3.95. The second kappa shape index (κ2) is 5.29.